The molecule has 0 fully saturated rings. The van der Waals surface area contributed by atoms with E-state index in [0.717, 1.165) is 6.20 Å². The summed E-state index contributed by atoms with van der Waals surface area (Å²) >= 11 is 0. The number of aryl methyl sites for hydroxylation is 2. The van der Waals surface area contributed by atoms with Gasteiger partial charge in [0.1, 0.15) is 17.8 Å². The van der Waals surface area contributed by atoms with Gasteiger partial charge in [-0.1, -0.05) is 0 Å². The first-order valence-corrected chi connectivity index (χ1v) is 7.37. The smallest absolute Gasteiger partial charge is 0.288 e. The normalized spacial score (nSPS) is 10.8. The Balaban J connectivity index is 1.82. The minimum absolute atomic E-state index is 0.0910. The molecule has 3 aromatic rings. The van der Waals surface area contributed by atoms with E-state index in [4.69, 9.17) is 0 Å². The highest BCUT2D eigenvalue weighted by molar-refractivity contribution is 5.95. The Morgan fingerprint density at radius 3 is 2.88 bits per heavy atom. The number of fused-ring (bicyclic) bond motifs is 1. The van der Waals surface area contributed by atoms with Gasteiger partial charge in [0.15, 0.2) is 0 Å². The van der Waals surface area contributed by atoms with Crippen LogP contribution in [-0.4, -0.2) is 25.4 Å². The Morgan fingerprint density at radius 1 is 1.40 bits per heavy atom. The van der Waals surface area contributed by atoms with Crippen molar-refractivity contribution in [1.82, 2.24) is 19.9 Å². The molecule has 0 unspecified atom stereocenters. The van der Waals surface area contributed by atoms with E-state index in [0.29, 0.717) is 22.6 Å². The van der Waals surface area contributed by atoms with E-state index in [2.05, 4.69) is 15.3 Å². The van der Waals surface area contributed by atoms with Crippen molar-refractivity contribution in [3.8, 4) is 0 Å². The number of carbonyl (C=O) groups is 1. The first-order valence-electron chi connectivity index (χ1n) is 7.37. The molecule has 0 aliphatic rings. The van der Waals surface area contributed by atoms with Gasteiger partial charge in [-0.25, -0.2) is 9.37 Å². The summed E-state index contributed by atoms with van der Waals surface area (Å²) in [5, 5.41) is 13.5. The highest BCUT2D eigenvalue weighted by atomic mass is 19.1. The van der Waals surface area contributed by atoms with Gasteiger partial charge in [0, 0.05) is 13.1 Å². The van der Waals surface area contributed by atoms with Crippen LogP contribution >= 0.6 is 0 Å². The van der Waals surface area contributed by atoms with Crippen LogP contribution in [0.3, 0.4) is 0 Å². The largest absolute Gasteiger partial charge is 0.345 e. The van der Waals surface area contributed by atoms with Crippen molar-refractivity contribution in [1.29, 1.82) is 0 Å². The van der Waals surface area contributed by atoms with Crippen molar-refractivity contribution in [2.45, 2.75) is 13.5 Å². The van der Waals surface area contributed by atoms with Crippen molar-refractivity contribution in [2.24, 2.45) is 7.05 Å². The monoisotopic (exact) mass is 343 g/mol. The number of rotatable bonds is 4. The first kappa shape index (κ1) is 16.5. The van der Waals surface area contributed by atoms with Crippen molar-refractivity contribution >= 4 is 22.6 Å². The highest BCUT2D eigenvalue weighted by Crippen LogP contribution is 2.17. The Kier molecular flexibility index (Phi) is 4.14. The second-order valence-corrected chi connectivity index (χ2v) is 5.49. The van der Waals surface area contributed by atoms with Gasteiger partial charge in [0.2, 0.25) is 0 Å². The molecule has 1 aromatic carbocycles. The molecule has 9 heteroatoms. The van der Waals surface area contributed by atoms with E-state index in [1.807, 2.05) is 0 Å². The topological polar surface area (TPSA) is 103 Å². The fourth-order valence-electron chi connectivity index (χ4n) is 2.48. The number of halogens is 1. The quantitative estimate of drug-likeness (QED) is 0.578. The molecule has 0 radical (unpaired) electrons. The molecule has 0 aliphatic carbocycles. The molecule has 0 saturated carbocycles. The molecule has 0 spiro atoms. The minimum Gasteiger partial charge on any atom is -0.345 e. The fraction of sp³-hybridized carbons (Fsp3) is 0.188. The molecule has 25 heavy (non-hydrogen) atoms. The van der Waals surface area contributed by atoms with Crippen molar-refractivity contribution in [3.05, 3.63) is 63.5 Å². The van der Waals surface area contributed by atoms with Crippen LogP contribution in [0.4, 0.5) is 10.1 Å². The number of pyridine rings is 1. The molecule has 0 aliphatic heterocycles. The minimum atomic E-state index is -0.608. The Hall–Kier alpha value is -3.36. The number of nitrogens with zero attached hydrogens (tertiary/aromatic N) is 4. The molecule has 8 nitrogen and oxygen atoms in total. The summed E-state index contributed by atoms with van der Waals surface area (Å²) < 4.78 is 15.0. The van der Waals surface area contributed by atoms with E-state index >= 15 is 0 Å². The van der Waals surface area contributed by atoms with Crippen LogP contribution in [-0.2, 0) is 13.6 Å². The standard InChI is InChI=1S/C16H14FN5O3/c1-9-12(6-11(7-18-9)22(24)25)16(23)19-8-15-20-13-4-3-10(17)5-14(13)21(15)2/h3-7H,8H2,1-2H3,(H,19,23). The Morgan fingerprint density at radius 2 is 2.16 bits per heavy atom. The van der Waals surface area contributed by atoms with Crippen LogP contribution < -0.4 is 5.32 Å². The van der Waals surface area contributed by atoms with Gasteiger partial charge in [-0.05, 0) is 25.1 Å². The van der Waals surface area contributed by atoms with Crippen molar-refractivity contribution < 1.29 is 14.1 Å². The average molecular weight is 343 g/mol. The second kappa shape index (κ2) is 6.27. The van der Waals surface area contributed by atoms with Crippen LogP contribution in [0.25, 0.3) is 11.0 Å². The number of aromatic nitrogens is 3. The number of nitrogens with one attached hydrogen (secondary N) is 1. The van der Waals surface area contributed by atoms with Gasteiger partial charge >= 0.3 is 0 Å². The zero-order chi connectivity index (χ0) is 18.1. The number of hydrogen-bond donors (Lipinski definition) is 1. The van der Waals surface area contributed by atoms with E-state index in [9.17, 15) is 19.3 Å². The lowest BCUT2D eigenvalue weighted by molar-refractivity contribution is -0.385. The van der Waals surface area contributed by atoms with E-state index < -0.39 is 10.8 Å². The average Bonchev–Trinajstić information content (AvgIpc) is 2.88. The van der Waals surface area contributed by atoms with Gasteiger partial charge in [0.05, 0.1) is 33.8 Å². The first-order chi connectivity index (χ1) is 11.9. The van der Waals surface area contributed by atoms with Crippen LogP contribution in [0.2, 0.25) is 0 Å². The number of carbonyl (C=O) groups excluding carboxylic acids is 1. The lowest BCUT2D eigenvalue weighted by Gasteiger charge is -2.07. The van der Waals surface area contributed by atoms with Crippen LogP contribution in [0.5, 0.6) is 0 Å². The van der Waals surface area contributed by atoms with Gasteiger partial charge in [-0.15, -0.1) is 0 Å². The van der Waals surface area contributed by atoms with Crippen LogP contribution in [0.1, 0.15) is 21.9 Å². The van der Waals surface area contributed by atoms with Gasteiger partial charge in [-0.3, -0.25) is 19.9 Å². The molecular weight excluding hydrogens is 329 g/mol. The van der Waals surface area contributed by atoms with Crippen molar-refractivity contribution in [3.63, 3.8) is 0 Å². The fourth-order valence-corrected chi connectivity index (χ4v) is 2.48. The summed E-state index contributed by atoms with van der Waals surface area (Å²) in [6.07, 6.45) is 1.10. The summed E-state index contributed by atoms with van der Waals surface area (Å²) in [7, 11) is 1.72. The Bertz CT molecular complexity index is 999. The summed E-state index contributed by atoms with van der Waals surface area (Å²) in [6.45, 7) is 1.68. The third-order valence-corrected chi connectivity index (χ3v) is 3.87. The third-order valence-electron chi connectivity index (χ3n) is 3.87. The summed E-state index contributed by atoms with van der Waals surface area (Å²) in [4.78, 5) is 30.8. The number of benzene rings is 1. The summed E-state index contributed by atoms with van der Waals surface area (Å²) in [5.41, 5.74) is 1.47. The maximum Gasteiger partial charge on any atom is 0.288 e. The second-order valence-electron chi connectivity index (χ2n) is 5.49. The number of hydrogen-bond acceptors (Lipinski definition) is 5. The maximum atomic E-state index is 13.3. The molecule has 0 atom stereocenters. The van der Waals surface area contributed by atoms with Gasteiger partial charge in [0.25, 0.3) is 11.6 Å². The molecule has 1 amide bonds. The van der Waals surface area contributed by atoms with Crippen LogP contribution in [0, 0.1) is 22.9 Å². The number of imidazole rings is 1. The molecule has 2 aromatic heterocycles. The van der Waals surface area contributed by atoms with E-state index in [-0.39, 0.29) is 23.6 Å². The van der Waals surface area contributed by atoms with Crippen molar-refractivity contribution in [2.75, 3.05) is 0 Å². The molecule has 0 bridgehead atoms. The summed E-state index contributed by atoms with van der Waals surface area (Å²) in [5.74, 6) is -0.332. The number of amides is 1. The zero-order valence-corrected chi connectivity index (χ0v) is 13.5. The molecule has 0 saturated heterocycles. The zero-order valence-electron chi connectivity index (χ0n) is 13.5. The Labute approximate surface area is 141 Å². The lowest BCUT2D eigenvalue weighted by atomic mass is 10.2. The summed E-state index contributed by atoms with van der Waals surface area (Å²) in [6, 6.07) is 5.42. The predicted molar refractivity (Wildman–Crippen MR) is 87.5 cm³/mol. The van der Waals surface area contributed by atoms with Crippen LogP contribution in [0.15, 0.2) is 30.5 Å². The molecule has 1 N–H and O–H groups in total. The third kappa shape index (κ3) is 3.16. The van der Waals surface area contributed by atoms with Gasteiger partial charge in [-0.2, -0.15) is 0 Å². The van der Waals surface area contributed by atoms with Gasteiger partial charge < -0.3 is 9.88 Å². The van der Waals surface area contributed by atoms with E-state index in [1.165, 1.54) is 18.2 Å². The molecule has 128 valence electrons. The molecule has 3 rings (SSSR count). The van der Waals surface area contributed by atoms with E-state index in [1.54, 1.807) is 24.6 Å². The predicted octanol–water partition coefficient (Wildman–Crippen LogP) is 2.25. The highest BCUT2D eigenvalue weighted by Gasteiger charge is 2.17. The molecule has 2 heterocycles. The maximum absolute atomic E-state index is 13.3. The number of nitro groups is 1. The lowest BCUT2D eigenvalue weighted by Crippen LogP contribution is -2.25. The molecular formula is C16H14FN5O3. The SMILES string of the molecule is Cc1ncc([N+](=O)[O-])cc1C(=O)NCc1nc2ccc(F)cc2n1C.